The number of fused-ring (bicyclic) bond motifs is 1. The number of nitrogens with zero attached hydrogens (tertiary/aromatic N) is 3. The Kier molecular flexibility index (Phi) is 4.96. The van der Waals surface area contributed by atoms with Gasteiger partial charge in [-0.3, -0.25) is 4.40 Å². The van der Waals surface area contributed by atoms with E-state index in [0.29, 0.717) is 6.04 Å². The number of hydrogen-bond acceptors (Lipinski definition) is 4. The Bertz CT molecular complexity index is 512. The van der Waals surface area contributed by atoms with Crippen molar-refractivity contribution in [3.8, 4) is 0 Å². The van der Waals surface area contributed by atoms with Crippen LogP contribution in [0.5, 0.6) is 0 Å². The fourth-order valence-corrected chi connectivity index (χ4v) is 3.14. The Hall–Kier alpha value is -0.910. The van der Waals surface area contributed by atoms with Crippen molar-refractivity contribution in [1.29, 1.82) is 0 Å². The molecule has 0 saturated heterocycles. The number of nitrogens with one attached hydrogen (secondary N) is 1. The maximum atomic E-state index is 4.58. The second-order valence-corrected chi connectivity index (χ2v) is 5.84. The lowest BCUT2D eigenvalue weighted by Crippen LogP contribution is -2.39. The van der Waals surface area contributed by atoms with Crippen molar-refractivity contribution in [1.82, 2.24) is 19.6 Å². The molecule has 1 atom stereocenters. The quantitative estimate of drug-likeness (QED) is 0.846. The molecular weight excluding hydrogens is 256 g/mol. The number of likely N-dealkylation sites (N-methyl/N-ethyl adjacent to an activating group) is 1. The highest BCUT2D eigenvalue weighted by molar-refractivity contribution is 7.15. The minimum absolute atomic E-state index is 0.489. The van der Waals surface area contributed by atoms with Crippen molar-refractivity contribution in [3.63, 3.8) is 0 Å². The van der Waals surface area contributed by atoms with Gasteiger partial charge in [0.1, 0.15) is 0 Å². The molecule has 0 radical (unpaired) electrons. The molecule has 0 spiro atoms. The third kappa shape index (κ3) is 3.35. The Balaban J connectivity index is 1.94. The first-order chi connectivity index (χ1) is 9.15. The zero-order chi connectivity index (χ0) is 13.8. The second-order valence-electron chi connectivity index (χ2n) is 4.97. The van der Waals surface area contributed by atoms with Gasteiger partial charge in [-0.25, -0.2) is 4.98 Å². The molecule has 0 saturated carbocycles. The molecule has 0 fully saturated rings. The lowest BCUT2D eigenvalue weighted by atomic mass is 10.2. The van der Waals surface area contributed by atoms with E-state index in [-0.39, 0.29) is 0 Å². The van der Waals surface area contributed by atoms with Crippen molar-refractivity contribution >= 4 is 16.3 Å². The summed E-state index contributed by atoms with van der Waals surface area (Å²) in [6.07, 6.45) is 2.10. The van der Waals surface area contributed by atoms with Crippen molar-refractivity contribution in [2.45, 2.75) is 40.3 Å². The van der Waals surface area contributed by atoms with Gasteiger partial charge < -0.3 is 10.2 Å². The molecule has 0 bridgehead atoms. The molecule has 19 heavy (non-hydrogen) atoms. The second kappa shape index (κ2) is 6.50. The molecule has 0 aliphatic carbocycles. The largest absolute Gasteiger partial charge is 0.307 e. The van der Waals surface area contributed by atoms with Gasteiger partial charge in [0.2, 0.25) is 0 Å². The van der Waals surface area contributed by atoms with E-state index in [1.807, 2.05) is 0 Å². The van der Waals surface area contributed by atoms with E-state index in [1.165, 1.54) is 5.69 Å². The molecule has 106 valence electrons. The van der Waals surface area contributed by atoms with Gasteiger partial charge in [0.15, 0.2) is 4.96 Å². The lowest BCUT2D eigenvalue weighted by Gasteiger charge is -2.23. The smallest absolute Gasteiger partial charge is 0.194 e. The number of thiazole rings is 1. The van der Waals surface area contributed by atoms with Gasteiger partial charge in [0.05, 0.1) is 11.4 Å². The third-order valence-corrected chi connectivity index (χ3v) is 4.36. The molecule has 1 N–H and O–H groups in total. The fraction of sp³-hybridized carbons (Fsp3) is 0.643. The SMILES string of the molecule is CCN(CC)CC(C)NCc1c(C)nc2sccn12. The van der Waals surface area contributed by atoms with Crippen LogP contribution in [0.25, 0.3) is 4.96 Å². The Morgan fingerprint density at radius 2 is 2.16 bits per heavy atom. The fourth-order valence-electron chi connectivity index (χ4n) is 2.36. The maximum Gasteiger partial charge on any atom is 0.194 e. The first kappa shape index (κ1) is 14.5. The van der Waals surface area contributed by atoms with Crippen molar-refractivity contribution in [2.24, 2.45) is 0 Å². The highest BCUT2D eigenvalue weighted by Crippen LogP contribution is 2.16. The Morgan fingerprint density at radius 3 is 2.84 bits per heavy atom. The van der Waals surface area contributed by atoms with Gasteiger partial charge in [-0.1, -0.05) is 13.8 Å². The zero-order valence-electron chi connectivity index (χ0n) is 12.3. The Morgan fingerprint density at radius 1 is 1.42 bits per heavy atom. The van der Waals surface area contributed by atoms with Gasteiger partial charge in [-0.2, -0.15) is 0 Å². The van der Waals surface area contributed by atoms with Crippen LogP contribution in [-0.4, -0.2) is 40.0 Å². The molecular formula is C14H24N4S. The van der Waals surface area contributed by atoms with E-state index in [2.05, 4.69) is 58.9 Å². The van der Waals surface area contributed by atoms with Gasteiger partial charge in [-0.15, -0.1) is 11.3 Å². The van der Waals surface area contributed by atoms with Crippen LogP contribution in [-0.2, 0) is 6.54 Å². The molecule has 2 rings (SSSR count). The number of imidazole rings is 1. The minimum atomic E-state index is 0.489. The summed E-state index contributed by atoms with van der Waals surface area (Å²) in [5.41, 5.74) is 2.41. The molecule has 2 aromatic rings. The number of rotatable bonds is 7. The van der Waals surface area contributed by atoms with Gasteiger partial charge in [0, 0.05) is 30.7 Å². The molecule has 0 aliphatic rings. The van der Waals surface area contributed by atoms with E-state index >= 15 is 0 Å². The molecule has 0 amide bonds. The summed E-state index contributed by atoms with van der Waals surface area (Å²) in [6, 6.07) is 0.489. The van der Waals surface area contributed by atoms with E-state index < -0.39 is 0 Å². The third-order valence-electron chi connectivity index (χ3n) is 3.61. The van der Waals surface area contributed by atoms with Crippen LogP contribution in [0.3, 0.4) is 0 Å². The van der Waals surface area contributed by atoms with E-state index in [9.17, 15) is 0 Å². The van der Waals surface area contributed by atoms with Crippen LogP contribution in [0.15, 0.2) is 11.6 Å². The highest BCUT2D eigenvalue weighted by atomic mass is 32.1. The maximum absolute atomic E-state index is 4.58. The standard InChI is InChI=1S/C14H24N4S/c1-5-17(6-2)10-11(3)15-9-13-12(4)16-14-18(13)7-8-19-14/h7-8,11,15H,5-6,9-10H2,1-4H3. The summed E-state index contributed by atoms with van der Waals surface area (Å²) in [5.74, 6) is 0. The molecule has 0 aliphatic heterocycles. The van der Waals surface area contributed by atoms with Crippen LogP contribution in [0.4, 0.5) is 0 Å². The van der Waals surface area contributed by atoms with Gasteiger partial charge in [-0.05, 0) is 26.9 Å². The summed E-state index contributed by atoms with van der Waals surface area (Å²) in [7, 11) is 0. The first-order valence-electron chi connectivity index (χ1n) is 7.02. The average Bonchev–Trinajstić information content (AvgIpc) is 2.94. The average molecular weight is 280 g/mol. The molecule has 2 heterocycles. The monoisotopic (exact) mass is 280 g/mol. The molecule has 5 heteroatoms. The molecule has 4 nitrogen and oxygen atoms in total. The number of hydrogen-bond donors (Lipinski definition) is 1. The molecule has 0 aromatic carbocycles. The van der Waals surface area contributed by atoms with Crippen molar-refractivity contribution < 1.29 is 0 Å². The van der Waals surface area contributed by atoms with Crippen LogP contribution in [0.2, 0.25) is 0 Å². The number of aromatic nitrogens is 2. The topological polar surface area (TPSA) is 32.6 Å². The zero-order valence-corrected chi connectivity index (χ0v) is 13.1. The Labute approximate surface area is 119 Å². The highest BCUT2D eigenvalue weighted by Gasteiger charge is 2.11. The first-order valence-corrected chi connectivity index (χ1v) is 7.90. The van der Waals surface area contributed by atoms with Gasteiger partial charge in [0.25, 0.3) is 0 Å². The summed E-state index contributed by atoms with van der Waals surface area (Å²) < 4.78 is 2.19. The van der Waals surface area contributed by atoms with Crippen LogP contribution in [0, 0.1) is 6.92 Å². The van der Waals surface area contributed by atoms with E-state index in [0.717, 1.165) is 36.8 Å². The summed E-state index contributed by atoms with van der Waals surface area (Å²) in [5, 5.41) is 5.70. The molecule has 1 unspecified atom stereocenters. The predicted molar refractivity (Wildman–Crippen MR) is 81.9 cm³/mol. The van der Waals surface area contributed by atoms with Crippen LogP contribution in [0.1, 0.15) is 32.2 Å². The van der Waals surface area contributed by atoms with Crippen LogP contribution >= 0.6 is 11.3 Å². The summed E-state index contributed by atoms with van der Waals surface area (Å²) in [4.78, 5) is 8.11. The van der Waals surface area contributed by atoms with E-state index in [1.54, 1.807) is 11.3 Å². The summed E-state index contributed by atoms with van der Waals surface area (Å²) >= 11 is 1.69. The van der Waals surface area contributed by atoms with E-state index in [4.69, 9.17) is 0 Å². The lowest BCUT2D eigenvalue weighted by molar-refractivity contribution is 0.270. The minimum Gasteiger partial charge on any atom is -0.307 e. The predicted octanol–water partition coefficient (Wildman–Crippen LogP) is 2.52. The van der Waals surface area contributed by atoms with Crippen molar-refractivity contribution in [2.75, 3.05) is 19.6 Å². The summed E-state index contributed by atoms with van der Waals surface area (Å²) in [6.45, 7) is 13.0. The van der Waals surface area contributed by atoms with Crippen LogP contribution < -0.4 is 5.32 Å². The molecule has 2 aromatic heterocycles. The number of aryl methyl sites for hydroxylation is 1. The normalized spacial score (nSPS) is 13.5. The van der Waals surface area contributed by atoms with Gasteiger partial charge >= 0.3 is 0 Å². The van der Waals surface area contributed by atoms with Crippen molar-refractivity contribution in [3.05, 3.63) is 23.0 Å².